The van der Waals surface area contributed by atoms with Gasteiger partial charge in [-0.25, -0.2) is 0 Å². The molecular formula is C13H14OSTe. The Labute approximate surface area is 111 Å². The molecule has 2 aromatic rings. The molecule has 0 spiro atoms. The van der Waals surface area contributed by atoms with Gasteiger partial charge in [-0.3, -0.25) is 0 Å². The molecule has 0 N–H and O–H groups in total. The summed E-state index contributed by atoms with van der Waals surface area (Å²) in [6.45, 7) is 0. The minimum absolute atomic E-state index is 0.0264. The molecule has 0 unspecified atom stereocenters. The first-order chi connectivity index (χ1) is 7.88. The normalized spacial score (nSPS) is 10.3. The zero-order valence-corrected chi connectivity index (χ0v) is 12.3. The van der Waals surface area contributed by atoms with Crippen LogP contribution < -0.4 is 8.35 Å². The van der Waals surface area contributed by atoms with E-state index < -0.39 is 0 Å². The SMILES string of the molecule is COc1ccc([Te]CCc2cccs2)cc1. The van der Waals surface area contributed by atoms with Crippen molar-refractivity contribution in [2.24, 2.45) is 0 Å². The van der Waals surface area contributed by atoms with Gasteiger partial charge < -0.3 is 0 Å². The van der Waals surface area contributed by atoms with Crippen molar-refractivity contribution in [3.63, 3.8) is 0 Å². The third kappa shape index (κ3) is 3.52. The van der Waals surface area contributed by atoms with Gasteiger partial charge in [0, 0.05) is 0 Å². The van der Waals surface area contributed by atoms with Gasteiger partial charge in [0.05, 0.1) is 0 Å². The van der Waals surface area contributed by atoms with E-state index in [1.165, 1.54) is 19.4 Å². The van der Waals surface area contributed by atoms with Crippen molar-refractivity contribution < 1.29 is 4.74 Å². The van der Waals surface area contributed by atoms with Crippen LogP contribution in [0.5, 0.6) is 5.75 Å². The van der Waals surface area contributed by atoms with E-state index in [1.807, 2.05) is 11.3 Å². The first-order valence-electron chi connectivity index (χ1n) is 5.18. The number of rotatable bonds is 5. The molecule has 0 aliphatic heterocycles. The quantitative estimate of drug-likeness (QED) is 0.757. The van der Waals surface area contributed by atoms with Crippen LogP contribution in [0.2, 0.25) is 4.47 Å². The molecule has 0 atom stereocenters. The molecule has 0 amide bonds. The number of ether oxygens (including phenoxy) is 1. The summed E-state index contributed by atoms with van der Waals surface area (Å²) in [6, 6.07) is 12.9. The van der Waals surface area contributed by atoms with E-state index in [1.54, 1.807) is 7.11 Å². The summed E-state index contributed by atoms with van der Waals surface area (Å²) in [7, 11) is 1.71. The Bertz CT molecular complexity index is 408. The molecule has 0 fully saturated rings. The van der Waals surface area contributed by atoms with Gasteiger partial charge in [0.1, 0.15) is 0 Å². The fourth-order valence-electron chi connectivity index (χ4n) is 1.40. The number of methoxy groups -OCH3 is 1. The average Bonchev–Trinajstić information content (AvgIpc) is 2.83. The number of thiophene rings is 1. The Morgan fingerprint density at radius 1 is 1.19 bits per heavy atom. The van der Waals surface area contributed by atoms with Gasteiger partial charge in [-0.2, -0.15) is 0 Å². The average molecular weight is 346 g/mol. The number of hydrogen-bond donors (Lipinski definition) is 0. The maximum atomic E-state index is 5.15. The summed E-state index contributed by atoms with van der Waals surface area (Å²) in [5.41, 5.74) is 0. The van der Waals surface area contributed by atoms with Crippen molar-refractivity contribution in [3.05, 3.63) is 46.7 Å². The molecule has 1 aromatic carbocycles. The van der Waals surface area contributed by atoms with Crippen LogP contribution in [0.25, 0.3) is 0 Å². The predicted octanol–water partition coefficient (Wildman–Crippen LogP) is 2.75. The van der Waals surface area contributed by atoms with E-state index in [0.29, 0.717) is 0 Å². The molecule has 1 nitrogen and oxygen atoms in total. The standard InChI is InChI=1S/C13H14OSTe/c1-14-11-4-6-13(7-5-11)16-10-8-12-3-2-9-15-12/h2-7,9H,8,10H2,1H3. The van der Waals surface area contributed by atoms with Crippen LogP contribution in [0, 0.1) is 0 Å². The van der Waals surface area contributed by atoms with Crippen LogP contribution in [0.3, 0.4) is 0 Å². The van der Waals surface area contributed by atoms with E-state index in [2.05, 4.69) is 41.8 Å². The van der Waals surface area contributed by atoms with Gasteiger partial charge in [-0.1, -0.05) is 0 Å². The van der Waals surface area contributed by atoms with Crippen LogP contribution in [0.4, 0.5) is 0 Å². The molecule has 16 heavy (non-hydrogen) atoms. The van der Waals surface area contributed by atoms with Crippen LogP contribution >= 0.6 is 11.3 Å². The molecule has 0 saturated carbocycles. The van der Waals surface area contributed by atoms with Gasteiger partial charge in [-0.05, 0) is 0 Å². The summed E-state index contributed by atoms with van der Waals surface area (Å²) in [5.74, 6) is 0.953. The zero-order valence-electron chi connectivity index (χ0n) is 9.18. The maximum absolute atomic E-state index is 5.15. The molecule has 1 heterocycles. The molecule has 2 rings (SSSR count). The number of aryl methyl sites for hydroxylation is 1. The molecule has 1 aromatic heterocycles. The van der Waals surface area contributed by atoms with Gasteiger partial charge >= 0.3 is 111 Å². The van der Waals surface area contributed by atoms with Crippen molar-refractivity contribution in [2.75, 3.05) is 7.11 Å². The second-order valence-electron chi connectivity index (χ2n) is 3.35. The van der Waals surface area contributed by atoms with Crippen molar-refractivity contribution in [2.45, 2.75) is 10.9 Å². The molecule has 0 aliphatic carbocycles. The van der Waals surface area contributed by atoms with Crippen LogP contribution in [-0.4, -0.2) is 28.0 Å². The number of benzene rings is 1. The molecule has 3 heteroatoms. The van der Waals surface area contributed by atoms with Gasteiger partial charge in [0.2, 0.25) is 0 Å². The van der Waals surface area contributed by atoms with Crippen molar-refractivity contribution in [1.82, 2.24) is 0 Å². The minimum atomic E-state index is -0.0264. The third-order valence-corrected chi connectivity index (χ3v) is 6.09. The van der Waals surface area contributed by atoms with E-state index in [9.17, 15) is 0 Å². The monoisotopic (exact) mass is 348 g/mol. The van der Waals surface area contributed by atoms with Crippen molar-refractivity contribution in [1.29, 1.82) is 0 Å². The summed E-state index contributed by atoms with van der Waals surface area (Å²) >= 11 is 1.84. The summed E-state index contributed by atoms with van der Waals surface area (Å²) < 4.78 is 8.01. The predicted molar refractivity (Wildman–Crippen MR) is 71.2 cm³/mol. The van der Waals surface area contributed by atoms with Crippen molar-refractivity contribution in [3.8, 4) is 5.75 Å². The second-order valence-corrected chi connectivity index (χ2v) is 7.72. The first-order valence-corrected chi connectivity index (χ1v) is 8.87. The zero-order chi connectivity index (χ0) is 11.2. The van der Waals surface area contributed by atoms with Crippen LogP contribution in [0.15, 0.2) is 41.8 Å². The van der Waals surface area contributed by atoms with Gasteiger partial charge in [0.15, 0.2) is 0 Å². The first kappa shape index (κ1) is 12.0. The molecule has 0 radical (unpaired) electrons. The topological polar surface area (TPSA) is 9.23 Å². The van der Waals surface area contributed by atoms with Gasteiger partial charge in [-0.15, -0.1) is 0 Å². The molecule has 0 bridgehead atoms. The fourth-order valence-corrected chi connectivity index (χ4v) is 5.04. The van der Waals surface area contributed by atoms with E-state index in [-0.39, 0.29) is 20.9 Å². The Balaban J connectivity index is 1.81. The van der Waals surface area contributed by atoms with Crippen LogP contribution in [-0.2, 0) is 6.42 Å². The fraction of sp³-hybridized carbons (Fsp3) is 0.231. The summed E-state index contributed by atoms with van der Waals surface area (Å²) in [4.78, 5) is 1.51. The molecule has 0 aliphatic rings. The van der Waals surface area contributed by atoms with Gasteiger partial charge in [0.25, 0.3) is 0 Å². The molecular weight excluding hydrogens is 332 g/mol. The molecule has 84 valence electrons. The van der Waals surface area contributed by atoms with E-state index in [0.717, 1.165) is 5.75 Å². The Morgan fingerprint density at radius 3 is 2.62 bits per heavy atom. The Morgan fingerprint density at radius 2 is 2.00 bits per heavy atom. The Hall–Kier alpha value is -0.490. The third-order valence-electron chi connectivity index (χ3n) is 2.26. The second kappa shape index (κ2) is 6.30. The number of hydrogen-bond acceptors (Lipinski definition) is 2. The van der Waals surface area contributed by atoms with E-state index >= 15 is 0 Å². The van der Waals surface area contributed by atoms with E-state index in [4.69, 9.17) is 4.74 Å². The summed E-state index contributed by atoms with van der Waals surface area (Å²) in [5, 5.41) is 2.16. The molecule has 0 saturated heterocycles. The summed E-state index contributed by atoms with van der Waals surface area (Å²) in [6.07, 6.45) is 1.24. The van der Waals surface area contributed by atoms with Crippen LogP contribution in [0.1, 0.15) is 4.88 Å². The van der Waals surface area contributed by atoms with Crippen molar-refractivity contribution >= 4 is 35.9 Å². The Kier molecular flexibility index (Phi) is 4.71.